The molecule has 0 aliphatic rings. The lowest BCUT2D eigenvalue weighted by atomic mass is 10.0. The van der Waals surface area contributed by atoms with E-state index in [4.69, 9.17) is 11.6 Å². The highest BCUT2D eigenvalue weighted by Crippen LogP contribution is 2.14. The van der Waals surface area contributed by atoms with Crippen molar-refractivity contribution in [3.63, 3.8) is 0 Å². The minimum Gasteiger partial charge on any atom is -0.214 e. The molecule has 5 heteroatoms. The van der Waals surface area contributed by atoms with E-state index in [1.807, 2.05) is 20.8 Å². The fourth-order valence-electron chi connectivity index (χ4n) is 0.815. The van der Waals surface area contributed by atoms with Gasteiger partial charge >= 0.3 is 0 Å². The molecule has 12 heavy (non-hydrogen) atoms. The Morgan fingerprint density at radius 1 is 1.33 bits per heavy atom. The molecule has 3 nitrogen and oxygen atoms in total. The average Bonchev–Trinajstić information content (AvgIpc) is 1.78. The number of hydrogen-bond acceptors (Lipinski definition) is 2. The molecule has 0 aromatic rings. The molecular formula is C7H16ClNO2S. The Morgan fingerprint density at radius 2 is 1.83 bits per heavy atom. The highest BCUT2D eigenvalue weighted by Gasteiger charge is 2.20. The summed E-state index contributed by atoms with van der Waals surface area (Å²) in [7, 11) is -3.14. The molecule has 0 heterocycles. The molecule has 0 bridgehead atoms. The van der Waals surface area contributed by atoms with Crippen molar-refractivity contribution < 1.29 is 8.42 Å². The normalized spacial score (nSPS) is 13.3. The molecule has 0 unspecified atom stereocenters. The van der Waals surface area contributed by atoms with Crippen molar-refractivity contribution >= 4 is 21.6 Å². The fourth-order valence-corrected chi connectivity index (χ4v) is 2.68. The molecule has 0 rings (SSSR count). The summed E-state index contributed by atoms with van der Waals surface area (Å²) in [6, 6.07) is 0. The summed E-state index contributed by atoms with van der Waals surface area (Å²) in [6.07, 6.45) is 0. The van der Waals surface area contributed by atoms with E-state index in [1.54, 1.807) is 0 Å². The molecule has 0 aliphatic heterocycles. The summed E-state index contributed by atoms with van der Waals surface area (Å²) >= 11 is 5.35. The smallest absolute Gasteiger partial charge is 0.212 e. The van der Waals surface area contributed by atoms with E-state index >= 15 is 0 Å². The van der Waals surface area contributed by atoms with Crippen LogP contribution in [0.2, 0.25) is 0 Å². The zero-order chi connectivity index (χ0) is 9.83. The molecule has 0 fully saturated rings. The Bertz CT molecular complexity index is 218. The van der Waals surface area contributed by atoms with Gasteiger partial charge in [0.1, 0.15) is 0 Å². The van der Waals surface area contributed by atoms with Gasteiger partial charge in [-0.2, -0.15) is 0 Å². The molecule has 0 radical (unpaired) electrons. The van der Waals surface area contributed by atoms with Crippen LogP contribution in [-0.4, -0.2) is 26.6 Å². The van der Waals surface area contributed by atoms with Gasteiger partial charge in [0.15, 0.2) is 0 Å². The molecule has 0 aliphatic carbocycles. The molecule has 0 aromatic carbocycles. The van der Waals surface area contributed by atoms with E-state index in [9.17, 15) is 8.42 Å². The lowest BCUT2D eigenvalue weighted by Crippen LogP contribution is -2.33. The largest absolute Gasteiger partial charge is 0.214 e. The summed E-state index contributed by atoms with van der Waals surface area (Å²) in [5.41, 5.74) is -0.210. The Balaban J connectivity index is 4.06. The van der Waals surface area contributed by atoms with E-state index in [-0.39, 0.29) is 11.2 Å². The molecule has 0 saturated heterocycles. The summed E-state index contributed by atoms with van der Waals surface area (Å²) in [5.74, 6) is 0.445. The third-order valence-corrected chi connectivity index (χ3v) is 3.12. The summed E-state index contributed by atoms with van der Waals surface area (Å²) < 4.78 is 24.9. The maximum atomic E-state index is 11.2. The number of nitrogens with one attached hydrogen (secondary N) is 1. The van der Waals surface area contributed by atoms with Gasteiger partial charge in [0, 0.05) is 12.4 Å². The van der Waals surface area contributed by atoms with Crippen LogP contribution in [0.5, 0.6) is 0 Å². The van der Waals surface area contributed by atoms with Crippen LogP contribution in [0, 0.1) is 5.41 Å². The van der Waals surface area contributed by atoms with E-state index in [0.717, 1.165) is 0 Å². The zero-order valence-corrected chi connectivity index (χ0v) is 9.30. The number of sulfonamides is 1. The van der Waals surface area contributed by atoms with Gasteiger partial charge in [-0.25, -0.2) is 13.1 Å². The topological polar surface area (TPSA) is 46.2 Å². The number of hydrogen-bond donors (Lipinski definition) is 1. The molecule has 0 amide bonds. The van der Waals surface area contributed by atoms with Gasteiger partial charge in [0.05, 0.1) is 5.75 Å². The maximum absolute atomic E-state index is 11.2. The molecule has 0 saturated carbocycles. The molecule has 1 N–H and O–H groups in total. The summed E-state index contributed by atoms with van der Waals surface area (Å²) in [4.78, 5) is 0. The van der Waals surface area contributed by atoms with Gasteiger partial charge in [-0.05, 0) is 5.41 Å². The van der Waals surface area contributed by atoms with Crippen LogP contribution >= 0.6 is 11.6 Å². The van der Waals surface area contributed by atoms with Crippen LogP contribution in [-0.2, 0) is 10.0 Å². The van der Waals surface area contributed by atoms with E-state index in [2.05, 4.69) is 4.72 Å². The van der Waals surface area contributed by atoms with Gasteiger partial charge in [-0.15, -0.1) is 11.6 Å². The molecular weight excluding hydrogens is 198 g/mol. The van der Waals surface area contributed by atoms with Crippen molar-refractivity contribution in [1.29, 1.82) is 0 Å². The van der Waals surface area contributed by atoms with Gasteiger partial charge in [0.2, 0.25) is 10.0 Å². The van der Waals surface area contributed by atoms with Crippen molar-refractivity contribution in [2.24, 2.45) is 5.41 Å². The Labute approximate surface area is 79.5 Å². The van der Waals surface area contributed by atoms with E-state index in [1.165, 1.54) is 0 Å². The standard InChI is InChI=1S/C7H16ClNO2S/c1-7(2,3)6-12(10,11)9-5-4-8/h9H,4-6H2,1-3H3. The van der Waals surface area contributed by atoms with Crippen LogP contribution in [0.3, 0.4) is 0 Å². The number of rotatable bonds is 4. The first-order valence-electron chi connectivity index (χ1n) is 3.80. The molecule has 0 atom stereocenters. The Kier molecular flexibility index (Phi) is 4.51. The van der Waals surface area contributed by atoms with Gasteiger partial charge in [-0.3, -0.25) is 0 Å². The van der Waals surface area contributed by atoms with Crippen LogP contribution in [0.15, 0.2) is 0 Å². The highest BCUT2D eigenvalue weighted by atomic mass is 35.5. The second-order valence-corrected chi connectivity index (χ2v) is 6.09. The van der Waals surface area contributed by atoms with Gasteiger partial charge in [0.25, 0.3) is 0 Å². The predicted molar refractivity (Wildman–Crippen MR) is 52.0 cm³/mol. The van der Waals surface area contributed by atoms with Crippen LogP contribution in [0.25, 0.3) is 0 Å². The van der Waals surface area contributed by atoms with Gasteiger partial charge in [-0.1, -0.05) is 20.8 Å². The zero-order valence-electron chi connectivity index (χ0n) is 7.72. The third kappa shape index (κ3) is 6.88. The van der Waals surface area contributed by atoms with Crippen molar-refractivity contribution in [2.45, 2.75) is 20.8 Å². The monoisotopic (exact) mass is 213 g/mol. The van der Waals surface area contributed by atoms with E-state index in [0.29, 0.717) is 12.4 Å². The quantitative estimate of drug-likeness (QED) is 0.714. The van der Waals surface area contributed by atoms with Crippen LogP contribution in [0.4, 0.5) is 0 Å². The van der Waals surface area contributed by atoms with Crippen molar-refractivity contribution in [3.8, 4) is 0 Å². The van der Waals surface area contributed by atoms with Crippen molar-refractivity contribution in [1.82, 2.24) is 4.72 Å². The van der Waals surface area contributed by atoms with Gasteiger partial charge < -0.3 is 0 Å². The first kappa shape index (κ1) is 12.2. The predicted octanol–water partition coefficient (Wildman–Crippen LogP) is 1.19. The molecule has 0 aromatic heterocycles. The maximum Gasteiger partial charge on any atom is 0.212 e. The fraction of sp³-hybridized carbons (Fsp3) is 1.00. The third-order valence-electron chi connectivity index (χ3n) is 1.04. The van der Waals surface area contributed by atoms with E-state index < -0.39 is 10.0 Å². The minimum atomic E-state index is -3.14. The first-order chi connectivity index (χ1) is 5.27. The first-order valence-corrected chi connectivity index (χ1v) is 5.99. The second kappa shape index (κ2) is 4.44. The molecule has 0 spiro atoms. The van der Waals surface area contributed by atoms with Crippen molar-refractivity contribution in [3.05, 3.63) is 0 Å². The SMILES string of the molecule is CC(C)(C)CS(=O)(=O)NCCCl. The van der Waals surface area contributed by atoms with Crippen LogP contribution < -0.4 is 4.72 Å². The number of alkyl halides is 1. The highest BCUT2D eigenvalue weighted by molar-refractivity contribution is 7.89. The minimum absolute atomic E-state index is 0.136. The second-order valence-electron chi connectivity index (χ2n) is 3.90. The number of halogens is 1. The average molecular weight is 214 g/mol. The lowest BCUT2D eigenvalue weighted by molar-refractivity contribution is 0.458. The van der Waals surface area contributed by atoms with Crippen molar-refractivity contribution in [2.75, 3.05) is 18.2 Å². The molecule has 74 valence electrons. The summed E-state index contributed by atoms with van der Waals surface area (Å²) in [6.45, 7) is 5.95. The lowest BCUT2D eigenvalue weighted by Gasteiger charge is -2.17. The van der Waals surface area contributed by atoms with Crippen LogP contribution in [0.1, 0.15) is 20.8 Å². The Hall–Kier alpha value is 0.200. The summed E-state index contributed by atoms with van der Waals surface area (Å²) in [5, 5.41) is 0. The Morgan fingerprint density at radius 3 is 2.17 bits per heavy atom.